The lowest BCUT2D eigenvalue weighted by Crippen LogP contribution is -2.37. The second-order valence-electron chi connectivity index (χ2n) is 8.57. The first kappa shape index (κ1) is 22.2. The zero-order chi connectivity index (χ0) is 23.5. The molecule has 11 nitrogen and oxygen atoms in total. The highest BCUT2D eigenvalue weighted by molar-refractivity contribution is 5.53. The molecular weight excluding hydrogens is 434 g/mol. The summed E-state index contributed by atoms with van der Waals surface area (Å²) in [5.41, 5.74) is 3.79. The first-order valence-corrected chi connectivity index (χ1v) is 11.5. The fourth-order valence-corrected chi connectivity index (χ4v) is 4.12. The number of hydroxylamine groups is 2. The second-order valence-corrected chi connectivity index (χ2v) is 8.57. The van der Waals surface area contributed by atoms with Gasteiger partial charge in [0.15, 0.2) is 5.65 Å². The third kappa shape index (κ3) is 4.57. The Morgan fingerprint density at radius 3 is 2.68 bits per heavy atom. The number of anilines is 1. The summed E-state index contributed by atoms with van der Waals surface area (Å²) in [5.74, 6) is 0.848. The molecule has 3 aromatic heterocycles. The molecule has 0 aliphatic carbocycles. The first-order chi connectivity index (χ1) is 16.6. The number of aromatic nitrogens is 7. The molecule has 1 fully saturated rings. The molecule has 0 unspecified atom stereocenters. The van der Waals surface area contributed by atoms with Crippen LogP contribution in [0.25, 0.3) is 11.3 Å². The third-order valence-corrected chi connectivity index (χ3v) is 6.02. The van der Waals surface area contributed by atoms with Crippen LogP contribution in [0.3, 0.4) is 0 Å². The maximum atomic E-state index is 6.23. The summed E-state index contributed by atoms with van der Waals surface area (Å²) in [6.45, 7) is 6.41. The lowest BCUT2D eigenvalue weighted by Gasteiger charge is -2.29. The Balaban J connectivity index is 1.43. The molecule has 1 aliphatic heterocycles. The van der Waals surface area contributed by atoms with Crippen molar-refractivity contribution in [3.8, 4) is 11.7 Å². The van der Waals surface area contributed by atoms with Crippen molar-refractivity contribution in [3.05, 3.63) is 54.2 Å². The molecule has 178 valence electrons. The van der Waals surface area contributed by atoms with Gasteiger partial charge in [0.2, 0.25) is 5.95 Å². The van der Waals surface area contributed by atoms with Crippen molar-refractivity contribution >= 4 is 11.6 Å². The van der Waals surface area contributed by atoms with Crippen molar-refractivity contribution in [1.82, 2.24) is 39.4 Å². The van der Waals surface area contributed by atoms with Crippen LogP contribution in [0.5, 0.6) is 6.01 Å². The first-order valence-electron chi connectivity index (χ1n) is 11.5. The van der Waals surface area contributed by atoms with E-state index in [1.807, 2.05) is 35.5 Å². The molecular formula is C23H29N9O2. The number of rotatable bonds is 8. The molecule has 4 aromatic rings. The highest BCUT2D eigenvalue weighted by Crippen LogP contribution is 2.25. The minimum absolute atomic E-state index is 0.0418. The number of hydrogen-bond acceptors (Lipinski definition) is 9. The van der Waals surface area contributed by atoms with Gasteiger partial charge in [-0.15, -0.1) is 0 Å². The molecule has 1 aromatic carbocycles. The van der Waals surface area contributed by atoms with Crippen molar-refractivity contribution < 1.29 is 9.57 Å². The van der Waals surface area contributed by atoms with Crippen LogP contribution >= 0.6 is 0 Å². The van der Waals surface area contributed by atoms with Crippen LogP contribution in [0.1, 0.15) is 43.7 Å². The quantitative estimate of drug-likeness (QED) is 0.422. The summed E-state index contributed by atoms with van der Waals surface area (Å²) in [6.07, 6.45) is 6.81. The summed E-state index contributed by atoms with van der Waals surface area (Å²) in [7, 11) is 1.70. The standard InChI is InChI=1S/C23H29N9O2/c1-16(2)19-13-26-32-21(19)28-23(34-18-8-10-30(33-3)11-9-18)29-22(32)25-12-17-6-4-5-7-20(17)31-15-24-14-27-31/h4-7,13-16,18H,8-12H2,1-3H3,(H,25,28,29). The molecule has 34 heavy (non-hydrogen) atoms. The number of nitrogens with zero attached hydrogens (tertiary/aromatic N) is 8. The SMILES string of the molecule is CON1CCC(Oc2nc(NCc3ccccc3-n3cncn3)n3ncc(C(C)C)c3n2)CC1. The van der Waals surface area contributed by atoms with Crippen molar-refractivity contribution in [2.24, 2.45) is 0 Å². The van der Waals surface area contributed by atoms with Crippen LogP contribution in [0, 0.1) is 0 Å². The molecule has 1 N–H and O–H groups in total. The van der Waals surface area contributed by atoms with Gasteiger partial charge in [-0.1, -0.05) is 32.0 Å². The van der Waals surface area contributed by atoms with Gasteiger partial charge in [-0.2, -0.15) is 29.7 Å². The predicted molar refractivity (Wildman–Crippen MR) is 126 cm³/mol. The maximum Gasteiger partial charge on any atom is 0.322 e. The summed E-state index contributed by atoms with van der Waals surface area (Å²) >= 11 is 0. The van der Waals surface area contributed by atoms with Gasteiger partial charge in [0.05, 0.1) is 19.0 Å². The van der Waals surface area contributed by atoms with E-state index in [9.17, 15) is 0 Å². The number of nitrogens with one attached hydrogen (secondary N) is 1. The van der Waals surface area contributed by atoms with Crippen LogP contribution < -0.4 is 10.1 Å². The maximum absolute atomic E-state index is 6.23. The minimum Gasteiger partial charge on any atom is -0.460 e. The molecule has 0 saturated carbocycles. The van der Waals surface area contributed by atoms with Gasteiger partial charge in [0, 0.05) is 25.2 Å². The fraction of sp³-hybridized carbons (Fsp3) is 0.435. The van der Waals surface area contributed by atoms with Gasteiger partial charge >= 0.3 is 6.01 Å². The van der Waals surface area contributed by atoms with Crippen LogP contribution in [-0.2, 0) is 11.4 Å². The Kier molecular flexibility index (Phi) is 6.37. The summed E-state index contributed by atoms with van der Waals surface area (Å²) in [4.78, 5) is 18.8. The van der Waals surface area contributed by atoms with E-state index >= 15 is 0 Å². The number of ether oxygens (including phenoxy) is 1. The van der Waals surface area contributed by atoms with E-state index in [1.54, 1.807) is 22.6 Å². The predicted octanol–water partition coefficient (Wildman–Crippen LogP) is 2.85. The van der Waals surface area contributed by atoms with Gasteiger partial charge < -0.3 is 14.9 Å². The van der Waals surface area contributed by atoms with E-state index in [-0.39, 0.29) is 12.0 Å². The van der Waals surface area contributed by atoms with Gasteiger partial charge in [-0.3, -0.25) is 0 Å². The van der Waals surface area contributed by atoms with Gasteiger partial charge in [-0.25, -0.2) is 9.67 Å². The molecule has 5 rings (SSSR count). The molecule has 11 heteroatoms. The summed E-state index contributed by atoms with van der Waals surface area (Å²) in [5, 5.41) is 14.2. The van der Waals surface area contributed by atoms with E-state index in [1.165, 1.54) is 6.33 Å². The summed E-state index contributed by atoms with van der Waals surface area (Å²) in [6, 6.07) is 8.39. The van der Waals surface area contributed by atoms with Crippen molar-refractivity contribution in [1.29, 1.82) is 0 Å². The Morgan fingerprint density at radius 2 is 1.94 bits per heavy atom. The number of piperidine rings is 1. The topological polar surface area (TPSA) is 108 Å². The Labute approximate surface area is 197 Å². The number of hydrogen-bond donors (Lipinski definition) is 1. The van der Waals surface area contributed by atoms with E-state index in [0.29, 0.717) is 18.5 Å². The van der Waals surface area contributed by atoms with E-state index in [0.717, 1.165) is 48.4 Å². The van der Waals surface area contributed by atoms with Crippen molar-refractivity contribution in [2.75, 3.05) is 25.5 Å². The molecule has 0 atom stereocenters. The minimum atomic E-state index is 0.0418. The largest absolute Gasteiger partial charge is 0.460 e. The van der Waals surface area contributed by atoms with Gasteiger partial charge in [0.25, 0.3) is 0 Å². The highest BCUT2D eigenvalue weighted by Gasteiger charge is 2.23. The smallest absolute Gasteiger partial charge is 0.322 e. The number of para-hydroxylation sites is 1. The Hall–Kier alpha value is -3.57. The number of benzene rings is 1. The Morgan fingerprint density at radius 1 is 1.12 bits per heavy atom. The average molecular weight is 464 g/mol. The normalized spacial score (nSPS) is 15.3. The summed E-state index contributed by atoms with van der Waals surface area (Å²) < 4.78 is 9.72. The van der Waals surface area contributed by atoms with Crippen molar-refractivity contribution in [2.45, 2.75) is 45.3 Å². The number of fused-ring (bicyclic) bond motifs is 1. The highest BCUT2D eigenvalue weighted by atomic mass is 16.7. The van der Waals surface area contributed by atoms with Gasteiger partial charge in [0.1, 0.15) is 18.8 Å². The monoisotopic (exact) mass is 463 g/mol. The third-order valence-electron chi connectivity index (χ3n) is 6.02. The van der Waals surface area contributed by atoms with Crippen LogP contribution in [0.2, 0.25) is 0 Å². The van der Waals surface area contributed by atoms with E-state index < -0.39 is 0 Å². The van der Waals surface area contributed by atoms with Crippen LogP contribution in [0.15, 0.2) is 43.1 Å². The average Bonchev–Trinajstić information content (AvgIpc) is 3.54. The fourth-order valence-electron chi connectivity index (χ4n) is 4.12. The van der Waals surface area contributed by atoms with Crippen LogP contribution in [-0.4, -0.2) is 65.7 Å². The molecule has 0 spiro atoms. The molecule has 0 radical (unpaired) electrons. The second kappa shape index (κ2) is 9.74. The van der Waals surface area contributed by atoms with E-state index in [4.69, 9.17) is 19.5 Å². The molecule has 4 heterocycles. The lowest BCUT2D eigenvalue weighted by atomic mass is 10.1. The Bertz CT molecular complexity index is 1230. The van der Waals surface area contributed by atoms with Crippen LogP contribution in [0.4, 0.5) is 5.95 Å². The zero-order valence-electron chi connectivity index (χ0n) is 19.6. The molecule has 0 amide bonds. The zero-order valence-corrected chi connectivity index (χ0v) is 19.6. The molecule has 0 bridgehead atoms. The van der Waals surface area contributed by atoms with Gasteiger partial charge in [-0.05, 0) is 30.4 Å². The molecule has 1 saturated heterocycles. The molecule has 1 aliphatic rings. The van der Waals surface area contributed by atoms with Crippen molar-refractivity contribution in [3.63, 3.8) is 0 Å². The lowest BCUT2D eigenvalue weighted by molar-refractivity contribution is -0.152. The van der Waals surface area contributed by atoms with E-state index in [2.05, 4.69) is 34.3 Å².